The van der Waals surface area contributed by atoms with E-state index >= 15 is 0 Å². The Hall–Kier alpha value is -0.200. The Morgan fingerprint density at radius 3 is 2.20 bits per heavy atom. The smallest absolute Gasteiger partial charge is 0.0971 e. The van der Waals surface area contributed by atoms with Gasteiger partial charge in [0.1, 0.15) is 0 Å². The molecule has 2 fully saturated rings. The highest BCUT2D eigenvalue weighted by molar-refractivity contribution is 4.93. The zero-order chi connectivity index (χ0) is 14.5. The summed E-state index contributed by atoms with van der Waals surface area (Å²) in [4.78, 5) is 2.30. The zero-order valence-corrected chi connectivity index (χ0v) is 12.6. The Morgan fingerprint density at radius 2 is 1.65 bits per heavy atom. The number of ether oxygens (including phenoxy) is 1. The summed E-state index contributed by atoms with van der Waals surface area (Å²) >= 11 is 0. The molecule has 4 N–H and O–H groups in total. The van der Waals surface area contributed by atoms with Gasteiger partial charge in [-0.2, -0.15) is 0 Å². The molecule has 1 aliphatic heterocycles. The molecule has 0 aromatic heterocycles. The van der Waals surface area contributed by atoms with E-state index in [1.54, 1.807) is 6.92 Å². The quantitative estimate of drug-likeness (QED) is 0.679. The number of rotatable bonds is 5. The van der Waals surface area contributed by atoms with Crippen molar-refractivity contribution in [2.45, 2.75) is 63.3 Å². The average Bonchev–Trinajstić information content (AvgIpc) is 2.48. The van der Waals surface area contributed by atoms with Crippen LogP contribution in [-0.4, -0.2) is 65.7 Å². The van der Waals surface area contributed by atoms with Gasteiger partial charge in [0.05, 0.1) is 25.4 Å². The fraction of sp³-hybridized carbons (Fsp3) is 1.00. The fourth-order valence-electron chi connectivity index (χ4n) is 3.66. The lowest BCUT2D eigenvalue weighted by molar-refractivity contribution is -0.0908. The van der Waals surface area contributed by atoms with E-state index in [1.165, 1.54) is 19.3 Å². The molecule has 5 heteroatoms. The number of hydrogen-bond acceptors (Lipinski definition) is 5. The molecule has 1 saturated heterocycles. The van der Waals surface area contributed by atoms with E-state index in [2.05, 4.69) is 4.90 Å². The van der Waals surface area contributed by atoms with Crippen molar-refractivity contribution in [3.63, 3.8) is 0 Å². The van der Waals surface area contributed by atoms with Gasteiger partial charge in [0.15, 0.2) is 0 Å². The van der Waals surface area contributed by atoms with Crippen molar-refractivity contribution in [2.75, 3.05) is 26.3 Å². The number of hydrogen-bond donors (Lipinski definition) is 3. The van der Waals surface area contributed by atoms with Gasteiger partial charge in [0, 0.05) is 25.2 Å². The molecule has 0 spiro atoms. The fourth-order valence-corrected chi connectivity index (χ4v) is 3.66. The summed E-state index contributed by atoms with van der Waals surface area (Å²) in [6.07, 6.45) is 4.41. The van der Waals surface area contributed by atoms with Crippen LogP contribution in [0.2, 0.25) is 0 Å². The Kier molecular flexibility index (Phi) is 6.23. The van der Waals surface area contributed by atoms with Crippen molar-refractivity contribution >= 4 is 0 Å². The van der Waals surface area contributed by atoms with Crippen LogP contribution in [-0.2, 0) is 4.74 Å². The van der Waals surface area contributed by atoms with Gasteiger partial charge in [-0.25, -0.2) is 0 Å². The van der Waals surface area contributed by atoms with E-state index in [0.29, 0.717) is 19.1 Å². The second-order valence-corrected chi connectivity index (χ2v) is 6.38. The number of aliphatic hydroxyl groups is 2. The Labute approximate surface area is 122 Å². The zero-order valence-electron chi connectivity index (χ0n) is 12.6. The third kappa shape index (κ3) is 3.92. The van der Waals surface area contributed by atoms with Gasteiger partial charge in [0.25, 0.3) is 0 Å². The van der Waals surface area contributed by atoms with Crippen LogP contribution in [0.4, 0.5) is 0 Å². The van der Waals surface area contributed by atoms with Gasteiger partial charge < -0.3 is 20.7 Å². The minimum Gasteiger partial charge on any atom is -0.389 e. The molecule has 2 rings (SSSR count). The summed E-state index contributed by atoms with van der Waals surface area (Å²) in [7, 11) is 0. The lowest BCUT2D eigenvalue weighted by Crippen LogP contribution is -2.58. The van der Waals surface area contributed by atoms with E-state index in [-0.39, 0.29) is 6.04 Å². The van der Waals surface area contributed by atoms with Crippen LogP contribution in [0.15, 0.2) is 0 Å². The van der Waals surface area contributed by atoms with Crippen molar-refractivity contribution in [2.24, 2.45) is 11.7 Å². The molecule has 4 atom stereocenters. The minimum absolute atomic E-state index is 0.0141. The highest BCUT2D eigenvalue weighted by atomic mass is 16.5. The Bertz CT molecular complexity index is 258. The first-order valence-electron chi connectivity index (χ1n) is 8.04. The first-order valence-corrected chi connectivity index (χ1v) is 8.04. The van der Waals surface area contributed by atoms with Gasteiger partial charge in [-0.15, -0.1) is 0 Å². The van der Waals surface area contributed by atoms with Crippen molar-refractivity contribution in [1.82, 2.24) is 4.90 Å². The lowest BCUT2D eigenvalue weighted by Gasteiger charge is -2.44. The first kappa shape index (κ1) is 16.2. The van der Waals surface area contributed by atoms with Gasteiger partial charge in [-0.3, -0.25) is 4.90 Å². The summed E-state index contributed by atoms with van der Waals surface area (Å²) in [6, 6.07) is -0.391. The SMILES string of the molecule is C[C@H](N)[C@@H](O)[C@@H](O)C(C1CCCCC1)N1CCOCC1. The van der Waals surface area contributed by atoms with Crippen LogP contribution in [0.25, 0.3) is 0 Å². The third-order valence-electron chi connectivity index (χ3n) is 4.84. The first-order chi connectivity index (χ1) is 9.61. The van der Waals surface area contributed by atoms with Gasteiger partial charge in [-0.1, -0.05) is 19.3 Å². The van der Waals surface area contributed by atoms with Crippen LogP contribution < -0.4 is 5.73 Å². The lowest BCUT2D eigenvalue weighted by atomic mass is 9.79. The predicted molar refractivity (Wildman–Crippen MR) is 78.4 cm³/mol. The largest absolute Gasteiger partial charge is 0.389 e. The molecule has 0 bridgehead atoms. The number of nitrogens with two attached hydrogens (primary N) is 1. The molecule has 118 valence electrons. The van der Waals surface area contributed by atoms with Crippen molar-refractivity contribution in [3.8, 4) is 0 Å². The van der Waals surface area contributed by atoms with Crippen LogP contribution in [0.3, 0.4) is 0 Å². The number of morpholine rings is 1. The maximum absolute atomic E-state index is 10.6. The highest BCUT2D eigenvalue weighted by Crippen LogP contribution is 2.32. The van der Waals surface area contributed by atoms with Crippen LogP contribution >= 0.6 is 0 Å². The van der Waals surface area contributed by atoms with Crippen LogP contribution in [0.1, 0.15) is 39.0 Å². The molecule has 0 aromatic rings. The summed E-state index contributed by atoms with van der Waals surface area (Å²) in [5, 5.41) is 20.8. The summed E-state index contributed by atoms with van der Waals surface area (Å²) in [5.41, 5.74) is 5.78. The summed E-state index contributed by atoms with van der Waals surface area (Å²) in [5.74, 6) is 0.463. The topological polar surface area (TPSA) is 79.0 Å². The molecule has 1 saturated carbocycles. The average molecular weight is 286 g/mol. The highest BCUT2D eigenvalue weighted by Gasteiger charge is 2.38. The van der Waals surface area contributed by atoms with E-state index in [0.717, 1.165) is 25.9 Å². The monoisotopic (exact) mass is 286 g/mol. The number of aliphatic hydroxyl groups excluding tert-OH is 2. The molecule has 1 heterocycles. The second-order valence-electron chi connectivity index (χ2n) is 6.38. The summed E-state index contributed by atoms with van der Waals surface area (Å²) in [6.45, 7) is 4.85. The van der Waals surface area contributed by atoms with Gasteiger partial charge >= 0.3 is 0 Å². The third-order valence-corrected chi connectivity index (χ3v) is 4.84. The molecule has 2 aliphatic rings. The molecule has 0 amide bonds. The van der Waals surface area contributed by atoms with E-state index in [9.17, 15) is 10.2 Å². The Morgan fingerprint density at radius 1 is 1.05 bits per heavy atom. The number of nitrogens with zero attached hydrogens (tertiary/aromatic N) is 1. The van der Waals surface area contributed by atoms with Crippen LogP contribution in [0.5, 0.6) is 0 Å². The maximum Gasteiger partial charge on any atom is 0.0971 e. The molecular formula is C15H30N2O3. The van der Waals surface area contributed by atoms with E-state index in [1.807, 2.05) is 0 Å². The van der Waals surface area contributed by atoms with Crippen molar-refractivity contribution in [3.05, 3.63) is 0 Å². The minimum atomic E-state index is -0.857. The molecule has 1 aliphatic carbocycles. The van der Waals surface area contributed by atoms with Crippen LogP contribution in [0, 0.1) is 5.92 Å². The summed E-state index contributed by atoms with van der Waals surface area (Å²) < 4.78 is 5.41. The van der Waals surface area contributed by atoms with Gasteiger partial charge in [-0.05, 0) is 25.7 Å². The molecule has 5 nitrogen and oxygen atoms in total. The van der Waals surface area contributed by atoms with Gasteiger partial charge in [0.2, 0.25) is 0 Å². The normalized spacial score (nSPS) is 28.8. The Balaban J connectivity index is 2.09. The molecular weight excluding hydrogens is 256 g/mol. The molecule has 0 aromatic carbocycles. The van der Waals surface area contributed by atoms with Crippen molar-refractivity contribution in [1.29, 1.82) is 0 Å². The maximum atomic E-state index is 10.6. The van der Waals surface area contributed by atoms with E-state index in [4.69, 9.17) is 10.5 Å². The molecule has 20 heavy (non-hydrogen) atoms. The predicted octanol–water partition coefficient (Wildman–Crippen LogP) is 0.337. The molecule has 1 unspecified atom stereocenters. The van der Waals surface area contributed by atoms with Crippen molar-refractivity contribution < 1.29 is 14.9 Å². The van der Waals surface area contributed by atoms with E-state index < -0.39 is 18.2 Å². The molecule has 0 radical (unpaired) electrons. The second kappa shape index (κ2) is 7.71. The standard InChI is InChI=1S/C15H30N2O3/c1-11(16)14(18)15(19)13(12-5-3-2-4-6-12)17-7-9-20-10-8-17/h11-15,18-19H,2-10,16H2,1H3/t11-,13?,14+,15-/m0/s1.